The summed E-state index contributed by atoms with van der Waals surface area (Å²) in [5.74, 6) is -1.76. The van der Waals surface area contributed by atoms with E-state index in [-0.39, 0.29) is 6.61 Å². The highest BCUT2D eigenvalue weighted by Crippen LogP contribution is 2.36. The van der Waals surface area contributed by atoms with Gasteiger partial charge in [0.15, 0.2) is 23.6 Å². The molecule has 1 aliphatic rings. The zero-order valence-corrected chi connectivity index (χ0v) is 17.0. The summed E-state index contributed by atoms with van der Waals surface area (Å²) in [4.78, 5) is 50.3. The molecule has 1 aromatic rings. The van der Waals surface area contributed by atoms with E-state index in [0.717, 1.165) is 0 Å². The zero-order chi connectivity index (χ0) is 21.0. The average molecular weight is 414 g/mol. The van der Waals surface area contributed by atoms with Crippen molar-refractivity contribution in [1.82, 2.24) is 9.55 Å². The molecule has 1 fully saturated rings. The second kappa shape index (κ2) is 9.20. The van der Waals surface area contributed by atoms with Crippen LogP contribution in [0.3, 0.4) is 0 Å². The van der Waals surface area contributed by atoms with Crippen LogP contribution in [-0.4, -0.2) is 58.6 Å². The second-order valence-electron chi connectivity index (χ2n) is 6.14. The Balaban J connectivity index is 2.49. The second-order valence-corrected chi connectivity index (χ2v) is 6.91. The Hall–Kier alpha value is -2.40. The molecule has 154 valence electrons. The van der Waals surface area contributed by atoms with Crippen molar-refractivity contribution in [2.24, 2.45) is 0 Å². The molecular formula is C17H22N2O8S. The number of aromatic nitrogens is 2. The molecule has 1 aromatic heterocycles. The normalized spacial score (nSPS) is 23.9. The first-order valence-electron chi connectivity index (χ1n) is 8.41. The van der Waals surface area contributed by atoms with E-state index in [2.05, 4.69) is 4.98 Å². The van der Waals surface area contributed by atoms with Crippen molar-refractivity contribution in [3.05, 3.63) is 22.1 Å². The third-order valence-corrected chi connectivity index (χ3v) is 4.55. The fraction of sp³-hybridized carbons (Fsp3) is 0.588. The van der Waals surface area contributed by atoms with Gasteiger partial charge in [-0.1, -0.05) is 11.8 Å². The molecule has 2 heterocycles. The summed E-state index contributed by atoms with van der Waals surface area (Å²) < 4.78 is 23.2. The summed E-state index contributed by atoms with van der Waals surface area (Å²) in [7, 11) is 0. The van der Waals surface area contributed by atoms with Gasteiger partial charge in [0.25, 0.3) is 5.56 Å². The lowest BCUT2D eigenvalue weighted by Gasteiger charge is -2.25. The number of rotatable bonds is 6. The van der Waals surface area contributed by atoms with Crippen molar-refractivity contribution >= 4 is 29.7 Å². The molecule has 0 radical (unpaired) electrons. The minimum atomic E-state index is -1.03. The Morgan fingerprint density at radius 3 is 2.29 bits per heavy atom. The predicted molar refractivity (Wildman–Crippen MR) is 96.7 cm³/mol. The molecule has 28 heavy (non-hydrogen) atoms. The number of carbonyl (C=O) groups is 3. The van der Waals surface area contributed by atoms with Crippen LogP contribution in [0.25, 0.3) is 0 Å². The molecule has 4 atom stereocenters. The fourth-order valence-corrected chi connectivity index (χ4v) is 3.34. The highest BCUT2D eigenvalue weighted by Gasteiger charge is 2.51. The first-order chi connectivity index (χ1) is 13.1. The number of aryl methyl sites for hydroxylation is 1. The highest BCUT2D eigenvalue weighted by atomic mass is 32.2. The van der Waals surface area contributed by atoms with Crippen LogP contribution in [0.2, 0.25) is 0 Å². The summed E-state index contributed by atoms with van der Waals surface area (Å²) in [5.41, 5.74) is -0.0360. The van der Waals surface area contributed by atoms with E-state index in [4.69, 9.17) is 18.9 Å². The molecule has 0 unspecified atom stereocenters. The molecule has 2 rings (SSSR count). The Kier molecular flexibility index (Phi) is 7.19. The van der Waals surface area contributed by atoms with Gasteiger partial charge in [-0.3, -0.25) is 23.7 Å². The summed E-state index contributed by atoms with van der Waals surface area (Å²) >= 11 is 1.20. The van der Waals surface area contributed by atoms with Gasteiger partial charge < -0.3 is 18.9 Å². The van der Waals surface area contributed by atoms with E-state index >= 15 is 0 Å². The van der Waals surface area contributed by atoms with Gasteiger partial charge in [0, 0.05) is 32.5 Å². The maximum absolute atomic E-state index is 11.9. The van der Waals surface area contributed by atoms with Gasteiger partial charge in [0.1, 0.15) is 12.7 Å². The Morgan fingerprint density at radius 1 is 1.14 bits per heavy atom. The largest absolute Gasteiger partial charge is 0.463 e. The van der Waals surface area contributed by atoms with Crippen LogP contribution in [0.15, 0.2) is 16.1 Å². The number of thioether (sulfide) groups is 1. The van der Waals surface area contributed by atoms with Crippen molar-refractivity contribution in [3.8, 4) is 0 Å². The summed E-state index contributed by atoms with van der Waals surface area (Å²) in [6, 6.07) is 0. The van der Waals surface area contributed by atoms with Gasteiger partial charge in [0.2, 0.25) is 0 Å². The number of carbonyl (C=O) groups excluding carboxylic acids is 3. The zero-order valence-electron chi connectivity index (χ0n) is 16.2. The third-order valence-electron chi connectivity index (χ3n) is 3.89. The lowest BCUT2D eigenvalue weighted by Crippen LogP contribution is -2.40. The summed E-state index contributed by atoms with van der Waals surface area (Å²) in [6.07, 6.45) is -0.610. The lowest BCUT2D eigenvalue weighted by molar-refractivity contribution is -0.166. The van der Waals surface area contributed by atoms with E-state index in [9.17, 15) is 19.2 Å². The topological polar surface area (TPSA) is 123 Å². The van der Waals surface area contributed by atoms with Gasteiger partial charge in [-0.25, -0.2) is 0 Å². The van der Waals surface area contributed by atoms with E-state index in [1.54, 1.807) is 17.7 Å². The molecule has 0 aromatic carbocycles. The van der Waals surface area contributed by atoms with Crippen LogP contribution in [0, 0.1) is 6.92 Å². The highest BCUT2D eigenvalue weighted by molar-refractivity contribution is 7.98. The molecule has 10 nitrogen and oxygen atoms in total. The Bertz CT molecular complexity index is 824. The Labute approximate surface area is 165 Å². The molecule has 1 aliphatic heterocycles. The van der Waals surface area contributed by atoms with E-state index in [1.165, 1.54) is 38.7 Å². The molecule has 0 N–H and O–H groups in total. The van der Waals surface area contributed by atoms with Crippen LogP contribution in [-0.2, 0) is 33.3 Å². The molecule has 0 aliphatic carbocycles. The van der Waals surface area contributed by atoms with Crippen LogP contribution in [0.1, 0.15) is 32.6 Å². The summed E-state index contributed by atoms with van der Waals surface area (Å²) in [5, 5.41) is 0.326. The molecule has 1 saturated heterocycles. The average Bonchev–Trinajstić information content (AvgIpc) is 2.91. The van der Waals surface area contributed by atoms with Gasteiger partial charge in [-0.05, 0) is 13.2 Å². The number of hydrogen-bond acceptors (Lipinski definition) is 10. The van der Waals surface area contributed by atoms with E-state index in [0.29, 0.717) is 10.7 Å². The smallest absolute Gasteiger partial charge is 0.303 e. The maximum atomic E-state index is 11.9. The predicted octanol–water partition coefficient (Wildman–Crippen LogP) is 0.598. The molecule has 0 spiro atoms. The van der Waals surface area contributed by atoms with Gasteiger partial charge in [0.05, 0.1) is 0 Å². The van der Waals surface area contributed by atoms with Gasteiger partial charge >= 0.3 is 17.9 Å². The van der Waals surface area contributed by atoms with E-state index < -0.39 is 48.0 Å². The molecule has 0 saturated carbocycles. The van der Waals surface area contributed by atoms with Gasteiger partial charge in [-0.2, -0.15) is 4.98 Å². The minimum absolute atomic E-state index is 0.206. The number of nitrogens with zero attached hydrogens (tertiary/aromatic N) is 2. The number of esters is 3. The first-order valence-corrected chi connectivity index (χ1v) is 9.63. The number of ether oxygens (including phenoxy) is 4. The molecule has 11 heteroatoms. The quantitative estimate of drug-likeness (QED) is 0.283. The van der Waals surface area contributed by atoms with Crippen LogP contribution in [0.4, 0.5) is 0 Å². The minimum Gasteiger partial charge on any atom is -0.463 e. The van der Waals surface area contributed by atoms with Crippen LogP contribution < -0.4 is 5.56 Å². The van der Waals surface area contributed by atoms with Crippen LogP contribution >= 0.6 is 11.8 Å². The van der Waals surface area contributed by atoms with Gasteiger partial charge in [-0.15, -0.1) is 0 Å². The van der Waals surface area contributed by atoms with Crippen molar-refractivity contribution in [2.45, 2.75) is 57.4 Å². The third kappa shape index (κ3) is 5.10. The Morgan fingerprint density at radius 2 is 1.75 bits per heavy atom. The van der Waals surface area contributed by atoms with Crippen molar-refractivity contribution in [3.63, 3.8) is 0 Å². The van der Waals surface area contributed by atoms with Crippen molar-refractivity contribution < 1.29 is 33.3 Å². The standard InChI is InChI=1S/C17H22N2O8S/c1-8-6-19(17(28-5)18-15(8)23)16-14(26-11(4)22)13(25-10(3)21)12(27-16)7-24-9(2)20/h6,12-14,16H,7H2,1-5H3/t12-,13-,14-,16-/m1/s1. The summed E-state index contributed by atoms with van der Waals surface area (Å²) in [6.45, 7) is 5.04. The van der Waals surface area contributed by atoms with Crippen molar-refractivity contribution in [1.29, 1.82) is 0 Å². The lowest BCUT2D eigenvalue weighted by atomic mass is 10.1. The molecule has 0 amide bonds. The molecule has 0 bridgehead atoms. The molecular weight excluding hydrogens is 392 g/mol. The number of hydrogen-bond donors (Lipinski definition) is 0. The maximum Gasteiger partial charge on any atom is 0.303 e. The van der Waals surface area contributed by atoms with Crippen molar-refractivity contribution in [2.75, 3.05) is 12.9 Å². The fourth-order valence-electron chi connectivity index (χ4n) is 2.80. The van der Waals surface area contributed by atoms with Crippen LogP contribution in [0.5, 0.6) is 0 Å². The monoisotopic (exact) mass is 414 g/mol. The SMILES string of the molecule is CSc1nc(=O)c(C)cn1[C@@H]1O[C@H](COC(C)=O)[C@@H](OC(C)=O)[C@H]1OC(C)=O. The van der Waals surface area contributed by atoms with E-state index in [1.807, 2.05) is 0 Å². The first kappa shape index (κ1) is 21.9.